The van der Waals surface area contributed by atoms with Crippen LogP contribution in [0, 0.1) is 11.8 Å². The third-order valence-corrected chi connectivity index (χ3v) is 3.88. The largest absolute Gasteiger partial charge is 0.378 e. The first kappa shape index (κ1) is 13.6. The van der Waals surface area contributed by atoms with Gasteiger partial charge in [-0.15, -0.1) is 0 Å². The van der Waals surface area contributed by atoms with Crippen molar-refractivity contribution in [2.75, 3.05) is 6.61 Å². The molecule has 100 valence electrons. The summed E-state index contributed by atoms with van der Waals surface area (Å²) >= 11 is 0. The molecule has 1 aromatic rings. The maximum atomic E-state index is 6.41. The Morgan fingerprint density at radius 2 is 2.17 bits per heavy atom. The summed E-state index contributed by atoms with van der Waals surface area (Å²) in [5, 5.41) is 0. The van der Waals surface area contributed by atoms with Gasteiger partial charge < -0.3 is 10.5 Å². The molecule has 18 heavy (non-hydrogen) atoms. The molecule has 0 saturated carbocycles. The van der Waals surface area contributed by atoms with Crippen LogP contribution in [-0.2, 0) is 11.2 Å². The molecule has 2 heteroatoms. The molecule has 0 aliphatic carbocycles. The molecule has 0 bridgehead atoms. The zero-order chi connectivity index (χ0) is 13.1. The maximum absolute atomic E-state index is 6.41. The van der Waals surface area contributed by atoms with Crippen LogP contribution in [0.25, 0.3) is 0 Å². The van der Waals surface area contributed by atoms with Gasteiger partial charge in [-0.05, 0) is 36.8 Å². The summed E-state index contributed by atoms with van der Waals surface area (Å²) in [5.41, 5.74) is 9.06. The highest BCUT2D eigenvalue weighted by atomic mass is 16.5. The van der Waals surface area contributed by atoms with Crippen molar-refractivity contribution in [1.82, 2.24) is 0 Å². The second-order valence-corrected chi connectivity index (χ2v) is 5.90. The Bertz CT molecular complexity index is 388. The monoisotopic (exact) mass is 247 g/mol. The van der Waals surface area contributed by atoms with E-state index in [2.05, 4.69) is 45.0 Å². The first-order valence-electron chi connectivity index (χ1n) is 7.04. The van der Waals surface area contributed by atoms with Crippen molar-refractivity contribution in [3.05, 3.63) is 35.4 Å². The van der Waals surface area contributed by atoms with E-state index in [1.165, 1.54) is 11.1 Å². The van der Waals surface area contributed by atoms with Gasteiger partial charge in [-0.25, -0.2) is 0 Å². The number of ether oxygens (including phenoxy) is 1. The van der Waals surface area contributed by atoms with E-state index < -0.39 is 0 Å². The molecular weight excluding hydrogens is 222 g/mol. The Kier molecular flexibility index (Phi) is 4.41. The second kappa shape index (κ2) is 5.85. The van der Waals surface area contributed by atoms with E-state index in [-0.39, 0.29) is 12.1 Å². The molecule has 1 aliphatic rings. The first-order valence-corrected chi connectivity index (χ1v) is 7.04. The summed E-state index contributed by atoms with van der Waals surface area (Å²) in [6.07, 6.45) is 2.49. The molecule has 0 amide bonds. The lowest BCUT2D eigenvalue weighted by Gasteiger charge is -2.23. The average molecular weight is 247 g/mol. The molecule has 2 rings (SSSR count). The van der Waals surface area contributed by atoms with Crippen LogP contribution < -0.4 is 5.73 Å². The SMILES string of the molecule is CC(C)Cc1cccc(C(N)C2CCOC2C)c1. The van der Waals surface area contributed by atoms with E-state index in [0.717, 1.165) is 19.4 Å². The molecule has 1 saturated heterocycles. The molecule has 1 aromatic carbocycles. The van der Waals surface area contributed by atoms with Crippen molar-refractivity contribution in [2.45, 2.75) is 45.8 Å². The summed E-state index contributed by atoms with van der Waals surface area (Å²) in [7, 11) is 0. The van der Waals surface area contributed by atoms with E-state index >= 15 is 0 Å². The van der Waals surface area contributed by atoms with E-state index in [1.807, 2.05) is 0 Å². The number of nitrogens with two attached hydrogens (primary N) is 1. The van der Waals surface area contributed by atoms with Gasteiger partial charge in [0.25, 0.3) is 0 Å². The van der Waals surface area contributed by atoms with E-state index in [9.17, 15) is 0 Å². The van der Waals surface area contributed by atoms with Gasteiger partial charge >= 0.3 is 0 Å². The van der Waals surface area contributed by atoms with Gasteiger partial charge in [-0.2, -0.15) is 0 Å². The Hall–Kier alpha value is -0.860. The van der Waals surface area contributed by atoms with Gasteiger partial charge in [-0.3, -0.25) is 0 Å². The van der Waals surface area contributed by atoms with Crippen LogP contribution in [-0.4, -0.2) is 12.7 Å². The highest BCUT2D eigenvalue weighted by Crippen LogP contribution is 2.31. The Morgan fingerprint density at radius 3 is 2.78 bits per heavy atom. The molecule has 2 nitrogen and oxygen atoms in total. The quantitative estimate of drug-likeness (QED) is 0.886. The molecule has 1 aliphatic heterocycles. The third-order valence-electron chi connectivity index (χ3n) is 3.88. The lowest BCUT2D eigenvalue weighted by Crippen LogP contribution is -2.26. The Labute approximate surface area is 111 Å². The topological polar surface area (TPSA) is 35.2 Å². The minimum atomic E-state index is 0.106. The fraction of sp³-hybridized carbons (Fsp3) is 0.625. The first-order chi connectivity index (χ1) is 8.58. The second-order valence-electron chi connectivity index (χ2n) is 5.90. The van der Waals surface area contributed by atoms with Gasteiger partial charge in [0.2, 0.25) is 0 Å². The molecule has 0 aromatic heterocycles. The van der Waals surface area contributed by atoms with E-state index in [1.54, 1.807) is 0 Å². The highest BCUT2D eigenvalue weighted by molar-refractivity contribution is 5.27. The van der Waals surface area contributed by atoms with Crippen molar-refractivity contribution >= 4 is 0 Å². The van der Waals surface area contributed by atoms with Gasteiger partial charge in [0, 0.05) is 18.6 Å². The third kappa shape index (κ3) is 3.12. The summed E-state index contributed by atoms with van der Waals surface area (Å²) in [4.78, 5) is 0. The molecule has 0 radical (unpaired) electrons. The lowest BCUT2D eigenvalue weighted by atomic mass is 9.88. The van der Waals surface area contributed by atoms with Crippen LogP contribution in [0.4, 0.5) is 0 Å². The Morgan fingerprint density at radius 1 is 1.39 bits per heavy atom. The van der Waals surface area contributed by atoms with Crippen molar-refractivity contribution in [3.8, 4) is 0 Å². The minimum Gasteiger partial charge on any atom is -0.378 e. The zero-order valence-electron chi connectivity index (χ0n) is 11.7. The molecule has 1 heterocycles. The van der Waals surface area contributed by atoms with Crippen molar-refractivity contribution in [2.24, 2.45) is 17.6 Å². The van der Waals surface area contributed by atoms with Gasteiger partial charge in [0.15, 0.2) is 0 Å². The number of rotatable bonds is 4. The summed E-state index contributed by atoms with van der Waals surface area (Å²) in [5.74, 6) is 1.14. The number of benzene rings is 1. The highest BCUT2D eigenvalue weighted by Gasteiger charge is 2.30. The summed E-state index contributed by atoms with van der Waals surface area (Å²) < 4.78 is 5.62. The van der Waals surface area contributed by atoms with Crippen LogP contribution in [0.3, 0.4) is 0 Å². The van der Waals surface area contributed by atoms with Crippen LogP contribution in [0.5, 0.6) is 0 Å². The van der Waals surface area contributed by atoms with E-state index in [0.29, 0.717) is 11.8 Å². The Balaban J connectivity index is 2.12. The van der Waals surface area contributed by atoms with Crippen LogP contribution in [0.1, 0.15) is 44.4 Å². The minimum absolute atomic E-state index is 0.106. The van der Waals surface area contributed by atoms with Gasteiger partial charge in [0.05, 0.1) is 6.10 Å². The smallest absolute Gasteiger partial charge is 0.0594 e. The summed E-state index contributed by atoms with van der Waals surface area (Å²) in [6.45, 7) is 7.49. The zero-order valence-corrected chi connectivity index (χ0v) is 11.7. The lowest BCUT2D eigenvalue weighted by molar-refractivity contribution is 0.0995. The molecule has 2 N–H and O–H groups in total. The van der Waals surface area contributed by atoms with Gasteiger partial charge in [0.1, 0.15) is 0 Å². The predicted molar refractivity (Wildman–Crippen MR) is 75.4 cm³/mol. The predicted octanol–water partition coefficient (Wildman–Crippen LogP) is 3.31. The molecule has 1 fully saturated rings. The molecular formula is C16H25NO. The number of hydrogen-bond acceptors (Lipinski definition) is 2. The number of hydrogen-bond donors (Lipinski definition) is 1. The standard InChI is InChI=1S/C16H25NO/c1-11(2)9-13-5-4-6-14(10-13)16(17)15-7-8-18-12(15)3/h4-6,10-12,15-16H,7-9,17H2,1-3H3. The average Bonchev–Trinajstić information content (AvgIpc) is 2.74. The molecule has 3 unspecified atom stereocenters. The maximum Gasteiger partial charge on any atom is 0.0594 e. The van der Waals surface area contributed by atoms with Crippen molar-refractivity contribution < 1.29 is 4.74 Å². The van der Waals surface area contributed by atoms with Crippen molar-refractivity contribution in [3.63, 3.8) is 0 Å². The van der Waals surface area contributed by atoms with Crippen molar-refractivity contribution in [1.29, 1.82) is 0 Å². The molecule has 3 atom stereocenters. The van der Waals surface area contributed by atoms with E-state index in [4.69, 9.17) is 10.5 Å². The fourth-order valence-electron chi connectivity index (χ4n) is 2.87. The van der Waals surface area contributed by atoms with Crippen LogP contribution in [0.2, 0.25) is 0 Å². The molecule has 0 spiro atoms. The normalized spacial score (nSPS) is 25.6. The summed E-state index contributed by atoms with van der Waals surface area (Å²) in [6, 6.07) is 8.86. The van der Waals surface area contributed by atoms with Crippen LogP contribution >= 0.6 is 0 Å². The van der Waals surface area contributed by atoms with Crippen LogP contribution in [0.15, 0.2) is 24.3 Å². The fourth-order valence-corrected chi connectivity index (χ4v) is 2.87. The van der Waals surface area contributed by atoms with Gasteiger partial charge in [-0.1, -0.05) is 38.1 Å².